The molecule has 3 rings (SSSR count). The zero-order chi connectivity index (χ0) is 13.9. The molecule has 2 aromatic rings. The second-order valence-electron chi connectivity index (χ2n) is 5.10. The lowest BCUT2D eigenvalue weighted by molar-refractivity contribution is 0.153. The van der Waals surface area contributed by atoms with Crippen LogP contribution in [0.4, 0.5) is 0 Å². The Labute approximate surface area is 119 Å². The number of aryl methyl sites for hydroxylation is 1. The number of hydrogen-bond donors (Lipinski definition) is 1. The van der Waals surface area contributed by atoms with Gasteiger partial charge in [-0.25, -0.2) is 0 Å². The molecule has 1 aliphatic rings. The van der Waals surface area contributed by atoms with Gasteiger partial charge in [0.15, 0.2) is 0 Å². The van der Waals surface area contributed by atoms with E-state index in [2.05, 4.69) is 18.2 Å². The average Bonchev–Trinajstić information content (AvgIpc) is 2.50. The van der Waals surface area contributed by atoms with Crippen LogP contribution in [0.3, 0.4) is 0 Å². The zero-order valence-corrected chi connectivity index (χ0v) is 11.6. The van der Waals surface area contributed by atoms with Crippen molar-refractivity contribution in [2.75, 3.05) is 7.11 Å². The summed E-state index contributed by atoms with van der Waals surface area (Å²) in [6, 6.07) is 15.9. The molecule has 1 aliphatic carbocycles. The maximum atomic E-state index is 6.35. The Balaban J connectivity index is 1.79. The summed E-state index contributed by atoms with van der Waals surface area (Å²) in [5.74, 6) is 1.61. The van der Waals surface area contributed by atoms with Gasteiger partial charge in [0.1, 0.15) is 17.6 Å². The zero-order valence-electron chi connectivity index (χ0n) is 11.6. The van der Waals surface area contributed by atoms with E-state index in [-0.39, 0.29) is 12.1 Å². The molecule has 3 heteroatoms. The van der Waals surface area contributed by atoms with E-state index in [1.807, 2.05) is 30.3 Å². The molecule has 104 valence electrons. The highest BCUT2D eigenvalue weighted by Gasteiger charge is 2.27. The van der Waals surface area contributed by atoms with E-state index in [1.54, 1.807) is 7.11 Å². The maximum absolute atomic E-state index is 6.35. The van der Waals surface area contributed by atoms with Crippen LogP contribution < -0.4 is 15.2 Å². The summed E-state index contributed by atoms with van der Waals surface area (Å²) in [6.07, 6.45) is 1.96. The van der Waals surface area contributed by atoms with Gasteiger partial charge in [-0.1, -0.05) is 30.3 Å². The predicted octanol–water partition coefficient (Wildman–Crippen LogP) is 3.09. The smallest absolute Gasteiger partial charge is 0.123 e. The molecule has 0 fully saturated rings. The second kappa shape index (κ2) is 5.55. The van der Waals surface area contributed by atoms with Crippen molar-refractivity contribution in [2.45, 2.75) is 25.0 Å². The quantitative estimate of drug-likeness (QED) is 0.931. The van der Waals surface area contributed by atoms with E-state index < -0.39 is 0 Å². The highest BCUT2D eigenvalue weighted by atomic mass is 16.5. The van der Waals surface area contributed by atoms with Crippen molar-refractivity contribution >= 4 is 0 Å². The van der Waals surface area contributed by atoms with Crippen LogP contribution in [-0.4, -0.2) is 13.2 Å². The van der Waals surface area contributed by atoms with Gasteiger partial charge in [0.2, 0.25) is 0 Å². The van der Waals surface area contributed by atoms with E-state index in [9.17, 15) is 0 Å². The molecule has 20 heavy (non-hydrogen) atoms. The number of benzene rings is 2. The Kier molecular flexibility index (Phi) is 3.61. The first-order chi connectivity index (χ1) is 9.78. The first kappa shape index (κ1) is 13.0. The third-order valence-corrected chi connectivity index (χ3v) is 3.84. The van der Waals surface area contributed by atoms with Crippen LogP contribution in [0.5, 0.6) is 11.5 Å². The minimum Gasteiger partial charge on any atom is -0.497 e. The molecule has 0 amide bonds. The monoisotopic (exact) mass is 269 g/mol. The summed E-state index contributed by atoms with van der Waals surface area (Å²) in [4.78, 5) is 0. The number of fused-ring (bicyclic) bond motifs is 1. The maximum Gasteiger partial charge on any atom is 0.123 e. The Hall–Kier alpha value is -2.00. The molecule has 2 atom stereocenters. The normalized spacial score (nSPS) is 21.1. The van der Waals surface area contributed by atoms with Gasteiger partial charge in [0.05, 0.1) is 13.2 Å². The molecule has 0 bridgehead atoms. The number of methoxy groups -OCH3 is 1. The second-order valence-corrected chi connectivity index (χ2v) is 5.10. The Morgan fingerprint density at radius 1 is 1.05 bits per heavy atom. The predicted molar refractivity (Wildman–Crippen MR) is 79.1 cm³/mol. The molecule has 0 aliphatic heterocycles. The van der Waals surface area contributed by atoms with Crippen molar-refractivity contribution in [3.8, 4) is 11.5 Å². The van der Waals surface area contributed by atoms with Crippen LogP contribution >= 0.6 is 0 Å². The molecule has 0 saturated carbocycles. The van der Waals surface area contributed by atoms with Crippen LogP contribution in [0.1, 0.15) is 23.6 Å². The van der Waals surface area contributed by atoms with Gasteiger partial charge in [-0.3, -0.25) is 0 Å². The Morgan fingerprint density at radius 3 is 2.70 bits per heavy atom. The number of nitrogens with two attached hydrogens (primary N) is 1. The standard InChI is InChI=1S/C17H19NO2/c1-19-13-6-4-7-14(11-13)20-16-10-9-12-5-2-3-8-15(12)17(16)18/h2-8,11,16-17H,9-10,18H2,1H3. The number of hydrogen-bond acceptors (Lipinski definition) is 3. The summed E-state index contributed by atoms with van der Waals surface area (Å²) in [5.41, 5.74) is 8.89. The van der Waals surface area contributed by atoms with Crippen molar-refractivity contribution in [3.63, 3.8) is 0 Å². The van der Waals surface area contributed by atoms with Crippen LogP contribution in [-0.2, 0) is 6.42 Å². The lowest BCUT2D eigenvalue weighted by Crippen LogP contribution is -2.35. The summed E-state index contributed by atoms with van der Waals surface area (Å²) in [7, 11) is 1.65. The number of ether oxygens (including phenoxy) is 2. The molecule has 0 spiro atoms. The number of rotatable bonds is 3. The molecule has 0 heterocycles. The molecule has 3 nitrogen and oxygen atoms in total. The van der Waals surface area contributed by atoms with E-state index in [0.717, 1.165) is 24.3 Å². The fourth-order valence-corrected chi connectivity index (χ4v) is 2.75. The largest absolute Gasteiger partial charge is 0.497 e. The van der Waals surface area contributed by atoms with Crippen molar-refractivity contribution in [1.82, 2.24) is 0 Å². The third-order valence-electron chi connectivity index (χ3n) is 3.84. The van der Waals surface area contributed by atoms with E-state index >= 15 is 0 Å². The van der Waals surface area contributed by atoms with Gasteiger partial charge < -0.3 is 15.2 Å². The molecule has 2 N–H and O–H groups in total. The topological polar surface area (TPSA) is 44.5 Å². The van der Waals surface area contributed by atoms with Crippen molar-refractivity contribution in [2.24, 2.45) is 5.73 Å². The minimum absolute atomic E-state index is 0.0111. The Morgan fingerprint density at radius 2 is 1.85 bits per heavy atom. The van der Waals surface area contributed by atoms with Gasteiger partial charge in [0, 0.05) is 6.07 Å². The molecule has 2 aromatic carbocycles. The molecular formula is C17H19NO2. The summed E-state index contributed by atoms with van der Waals surface area (Å²) < 4.78 is 11.3. The highest BCUT2D eigenvalue weighted by molar-refractivity contribution is 5.36. The van der Waals surface area contributed by atoms with E-state index in [4.69, 9.17) is 15.2 Å². The van der Waals surface area contributed by atoms with Crippen LogP contribution in [0.25, 0.3) is 0 Å². The van der Waals surface area contributed by atoms with Crippen molar-refractivity contribution < 1.29 is 9.47 Å². The van der Waals surface area contributed by atoms with Crippen LogP contribution in [0, 0.1) is 0 Å². The lowest BCUT2D eigenvalue weighted by Gasteiger charge is -2.31. The van der Waals surface area contributed by atoms with Gasteiger partial charge in [-0.05, 0) is 36.1 Å². The third kappa shape index (κ3) is 2.49. The molecular weight excluding hydrogens is 250 g/mol. The fourth-order valence-electron chi connectivity index (χ4n) is 2.75. The summed E-state index contributed by atoms with van der Waals surface area (Å²) >= 11 is 0. The molecule has 0 radical (unpaired) electrons. The highest BCUT2D eigenvalue weighted by Crippen LogP contribution is 2.31. The first-order valence-corrected chi connectivity index (χ1v) is 6.92. The van der Waals surface area contributed by atoms with E-state index in [1.165, 1.54) is 11.1 Å². The van der Waals surface area contributed by atoms with Gasteiger partial charge in [-0.15, -0.1) is 0 Å². The Bertz CT molecular complexity index is 597. The van der Waals surface area contributed by atoms with Crippen molar-refractivity contribution in [3.05, 3.63) is 59.7 Å². The first-order valence-electron chi connectivity index (χ1n) is 6.92. The van der Waals surface area contributed by atoms with Crippen LogP contribution in [0.2, 0.25) is 0 Å². The van der Waals surface area contributed by atoms with Gasteiger partial charge in [-0.2, -0.15) is 0 Å². The van der Waals surface area contributed by atoms with Gasteiger partial charge in [0.25, 0.3) is 0 Å². The lowest BCUT2D eigenvalue weighted by atomic mass is 9.86. The molecule has 0 aromatic heterocycles. The molecule has 2 unspecified atom stereocenters. The van der Waals surface area contributed by atoms with E-state index in [0.29, 0.717) is 0 Å². The summed E-state index contributed by atoms with van der Waals surface area (Å²) in [5, 5.41) is 0. The molecule has 0 saturated heterocycles. The summed E-state index contributed by atoms with van der Waals surface area (Å²) in [6.45, 7) is 0. The van der Waals surface area contributed by atoms with Gasteiger partial charge >= 0.3 is 0 Å². The fraction of sp³-hybridized carbons (Fsp3) is 0.294. The van der Waals surface area contributed by atoms with Crippen LogP contribution in [0.15, 0.2) is 48.5 Å². The minimum atomic E-state index is -0.0776. The SMILES string of the molecule is COc1cccc(OC2CCc3ccccc3C2N)c1. The average molecular weight is 269 g/mol. The van der Waals surface area contributed by atoms with Crippen molar-refractivity contribution in [1.29, 1.82) is 0 Å².